The van der Waals surface area contributed by atoms with E-state index in [1.165, 1.54) is 5.56 Å². The maximum absolute atomic E-state index is 11.7. The van der Waals surface area contributed by atoms with E-state index in [0.717, 1.165) is 11.3 Å². The molecule has 0 bridgehead atoms. The second-order valence-electron chi connectivity index (χ2n) is 3.91. The molecule has 0 radical (unpaired) electrons. The predicted molar refractivity (Wildman–Crippen MR) is 66.3 cm³/mol. The maximum Gasteiger partial charge on any atom is 0.273 e. The fourth-order valence-electron chi connectivity index (χ4n) is 1.75. The molecule has 0 saturated heterocycles. The summed E-state index contributed by atoms with van der Waals surface area (Å²) in [4.78, 5) is 11.7. The second kappa shape index (κ2) is 3.85. The lowest BCUT2D eigenvalue weighted by Gasteiger charge is -2.09. The Labute approximate surface area is 94.1 Å². The molecule has 0 aliphatic rings. The van der Waals surface area contributed by atoms with Crippen molar-refractivity contribution in [2.75, 3.05) is 5.73 Å². The number of nitrogens with two attached hydrogens (primary N) is 1. The fraction of sp³-hybridized carbons (Fsp3) is 0.154. The number of anilines is 1. The molecule has 2 rings (SSSR count). The van der Waals surface area contributed by atoms with Crippen molar-refractivity contribution < 1.29 is 0 Å². The molecule has 1 heterocycles. The van der Waals surface area contributed by atoms with Crippen LogP contribution in [0.5, 0.6) is 0 Å². The third kappa shape index (κ3) is 1.72. The van der Waals surface area contributed by atoms with Crippen LogP contribution < -0.4 is 11.3 Å². The number of hydrogen-bond donors (Lipinski definition) is 1. The van der Waals surface area contributed by atoms with Crippen molar-refractivity contribution in [3.8, 4) is 11.3 Å². The summed E-state index contributed by atoms with van der Waals surface area (Å²) in [5, 5.41) is 0. The zero-order valence-corrected chi connectivity index (χ0v) is 9.40. The van der Waals surface area contributed by atoms with Crippen molar-refractivity contribution in [2.45, 2.75) is 6.92 Å². The Hall–Kier alpha value is -2.03. The van der Waals surface area contributed by atoms with E-state index < -0.39 is 0 Å². The van der Waals surface area contributed by atoms with Crippen LogP contribution in [0.25, 0.3) is 11.3 Å². The molecule has 2 aromatic rings. The van der Waals surface area contributed by atoms with Crippen LogP contribution in [0.15, 0.2) is 41.2 Å². The minimum atomic E-state index is -0.154. The van der Waals surface area contributed by atoms with Gasteiger partial charge >= 0.3 is 0 Å². The third-order valence-electron chi connectivity index (χ3n) is 2.65. The average molecular weight is 214 g/mol. The van der Waals surface area contributed by atoms with Crippen LogP contribution in [0.1, 0.15) is 5.56 Å². The number of benzene rings is 1. The van der Waals surface area contributed by atoms with Crippen LogP contribution in [0.4, 0.5) is 5.69 Å². The number of rotatable bonds is 1. The van der Waals surface area contributed by atoms with Gasteiger partial charge in [-0.25, -0.2) is 0 Å². The minimum Gasteiger partial charge on any atom is -0.394 e. The van der Waals surface area contributed by atoms with Crippen molar-refractivity contribution in [1.82, 2.24) is 4.57 Å². The molecule has 0 aliphatic carbocycles. The molecular formula is C13H14N2O. The van der Waals surface area contributed by atoms with Gasteiger partial charge in [0, 0.05) is 7.05 Å². The molecular weight excluding hydrogens is 200 g/mol. The molecule has 1 aromatic heterocycles. The molecule has 0 fully saturated rings. The van der Waals surface area contributed by atoms with Gasteiger partial charge in [0.2, 0.25) is 0 Å². The number of pyridine rings is 1. The van der Waals surface area contributed by atoms with E-state index in [1.807, 2.05) is 37.3 Å². The molecule has 1 aromatic carbocycles. The molecule has 3 heteroatoms. The van der Waals surface area contributed by atoms with Gasteiger partial charge in [0.25, 0.3) is 5.56 Å². The van der Waals surface area contributed by atoms with Gasteiger partial charge in [-0.3, -0.25) is 4.79 Å². The number of aromatic nitrogens is 1. The summed E-state index contributed by atoms with van der Waals surface area (Å²) < 4.78 is 1.57. The molecule has 0 aliphatic heterocycles. The maximum atomic E-state index is 11.7. The number of nitrogen functional groups attached to an aromatic ring is 1. The Kier molecular flexibility index (Phi) is 2.52. The summed E-state index contributed by atoms with van der Waals surface area (Å²) in [6.07, 6.45) is 0. The molecule has 0 saturated carbocycles. The van der Waals surface area contributed by atoms with Gasteiger partial charge in [0.05, 0.1) is 11.4 Å². The lowest BCUT2D eigenvalue weighted by atomic mass is 10.1. The van der Waals surface area contributed by atoms with E-state index in [-0.39, 0.29) is 11.2 Å². The molecule has 0 unspecified atom stereocenters. The van der Waals surface area contributed by atoms with Crippen molar-refractivity contribution in [1.29, 1.82) is 0 Å². The average Bonchev–Trinajstić information content (AvgIpc) is 2.26. The zero-order chi connectivity index (χ0) is 11.7. The third-order valence-corrected chi connectivity index (χ3v) is 2.65. The first-order valence-electron chi connectivity index (χ1n) is 5.12. The van der Waals surface area contributed by atoms with E-state index in [2.05, 4.69) is 0 Å². The first-order valence-corrected chi connectivity index (χ1v) is 5.12. The first kappa shape index (κ1) is 10.5. The fourth-order valence-corrected chi connectivity index (χ4v) is 1.75. The van der Waals surface area contributed by atoms with Crippen molar-refractivity contribution in [3.05, 3.63) is 52.3 Å². The lowest BCUT2D eigenvalue weighted by molar-refractivity contribution is 0.874. The van der Waals surface area contributed by atoms with Crippen molar-refractivity contribution in [2.24, 2.45) is 7.05 Å². The van der Waals surface area contributed by atoms with Gasteiger partial charge in [0.15, 0.2) is 0 Å². The van der Waals surface area contributed by atoms with Crippen LogP contribution in [0, 0.1) is 6.92 Å². The summed E-state index contributed by atoms with van der Waals surface area (Å²) >= 11 is 0. The second-order valence-corrected chi connectivity index (χ2v) is 3.91. The molecule has 0 atom stereocenters. The molecule has 16 heavy (non-hydrogen) atoms. The SMILES string of the molecule is Cc1cccc(-c2ccc(N)c(=O)n2C)c1. The highest BCUT2D eigenvalue weighted by atomic mass is 16.1. The largest absolute Gasteiger partial charge is 0.394 e. The minimum absolute atomic E-state index is 0.154. The lowest BCUT2D eigenvalue weighted by Crippen LogP contribution is -2.21. The number of aryl methyl sites for hydroxylation is 1. The van der Waals surface area contributed by atoms with Gasteiger partial charge in [-0.15, -0.1) is 0 Å². The number of hydrogen-bond acceptors (Lipinski definition) is 2. The van der Waals surface area contributed by atoms with E-state index in [1.54, 1.807) is 17.7 Å². The molecule has 3 nitrogen and oxygen atoms in total. The van der Waals surface area contributed by atoms with Crippen LogP contribution in [-0.2, 0) is 7.05 Å². The molecule has 0 amide bonds. The van der Waals surface area contributed by atoms with Crippen LogP contribution >= 0.6 is 0 Å². The first-order chi connectivity index (χ1) is 7.59. The van der Waals surface area contributed by atoms with E-state index in [0.29, 0.717) is 0 Å². The standard InChI is InChI=1S/C13H14N2O/c1-9-4-3-5-10(8-9)12-7-6-11(14)13(16)15(12)2/h3-8H,14H2,1-2H3. The molecule has 82 valence electrons. The summed E-state index contributed by atoms with van der Waals surface area (Å²) in [6, 6.07) is 11.6. The summed E-state index contributed by atoms with van der Waals surface area (Å²) in [6.45, 7) is 2.03. The van der Waals surface area contributed by atoms with Gasteiger partial charge in [-0.1, -0.05) is 23.8 Å². The van der Waals surface area contributed by atoms with Crippen LogP contribution in [-0.4, -0.2) is 4.57 Å². The van der Waals surface area contributed by atoms with Gasteiger partial charge in [0.1, 0.15) is 0 Å². The Morgan fingerprint density at radius 2 is 1.94 bits per heavy atom. The Morgan fingerprint density at radius 3 is 2.62 bits per heavy atom. The van der Waals surface area contributed by atoms with Gasteiger partial charge in [-0.2, -0.15) is 0 Å². The van der Waals surface area contributed by atoms with Gasteiger partial charge in [-0.05, 0) is 30.7 Å². The highest BCUT2D eigenvalue weighted by Gasteiger charge is 2.05. The summed E-state index contributed by atoms with van der Waals surface area (Å²) in [5.74, 6) is 0. The Balaban J connectivity index is 2.66. The Morgan fingerprint density at radius 1 is 1.19 bits per heavy atom. The summed E-state index contributed by atoms with van der Waals surface area (Å²) in [7, 11) is 1.73. The van der Waals surface area contributed by atoms with E-state index in [9.17, 15) is 4.79 Å². The molecule has 2 N–H and O–H groups in total. The highest BCUT2D eigenvalue weighted by molar-refractivity contribution is 5.62. The van der Waals surface area contributed by atoms with E-state index in [4.69, 9.17) is 5.73 Å². The quantitative estimate of drug-likeness (QED) is 0.788. The van der Waals surface area contributed by atoms with Crippen LogP contribution in [0.2, 0.25) is 0 Å². The monoisotopic (exact) mass is 214 g/mol. The topological polar surface area (TPSA) is 48.0 Å². The smallest absolute Gasteiger partial charge is 0.273 e. The Bertz CT molecular complexity index is 585. The predicted octanol–water partition coefficient (Wildman–Crippen LogP) is 1.94. The van der Waals surface area contributed by atoms with Gasteiger partial charge < -0.3 is 10.3 Å². The van der Waals surface area contributed by atoms with E-state index >= 15 is 0 Å². The highest BCUT2D eigenvalue weighted by Crippen LogP contribution is 2.18. The van der Waals surface area contributed by atoms with Crippen LogP contribution in [0.3, 0.4) is 0 Å². The normalized spacial score (nSPS) is 10.4. The molecule has 0 spiro atoms. The van der Waals surface area contributed by atoms with Crippen molar-refractivity contribution >= 4 is 5.69 Å². The zero-order valence-electron chi connectivity index (χ0n) is 9.40. The number of nitrogens with zero attached hydrogens (tertiary/aromatic N) is 1. The summed E-state index contributed by atoms with van der Waals surface area (Å²) in [5.41, 5.74) is 8.76. The van der Waals surface area contributed by atoms with Crippen molar-refractivity contribution in [3.63, 3.8) is 0 Å².